The molecule has 102 valence electrons. The summed E-state index contributed by atoms with van der Waals surface area (Å²) in [6.07, 6.45) is 1.96. The van der Waals surface area contributed by atoms with E-state index in [0.29, 0.717) is 12.1 Å². The van der Waals surface area contributed by atoms with Crippen molar-refractivity contribution >= 4 is 0 Å². The Morgan fingerprint density at radius 1 is 1.35 bits per heavy atom. The highest BCUT2D eigenvalue weighted by Gasteiger charge is 2.21. The monoisotopic (exact) mass is 242 g/mol. The van der Waals surface area contributed by atoms with Crippen LogP contribution in [0.4, 0.5) is 0 Å². The van der Waals surface area contributed by atoms with Crippen molar-refractivity contribution in [3.05, 3.63) is 12.7 Å². The molecule has 0 saturated heterocycles. The molecule has 0 aromatic rings. The van der Waals surface area contributed by atoms with Crippen molar-refractivity contribution in [3.8, 4) is 0 Å². The molecule has 0 radical (unpaired) electrons. The lowest BCUT2D eigenvalue weighted by Gasteiger charge is -2.35. The van der Waals surface area contributed by atoms with Gasteiger partial charge in [0.05, 0.1) is 6.61 Å². The molecule has 0 bridgehead atoms. The van der Waals surface area contributed by atoms with Gasteiger partial charge in [0.15, 0.2) is 0 Å². The van der Waals surface area contributed by atoms with Crippen LogP contribution in [0.1, 0.15) is 34.6 Å². The van der Waals surface area contributed by atoms with E-state index in [9.17, 15) is 0 Å². The predicted octanol–water partition coefficient (Wildman–Crippen LogP) is 2.29. The average Bonchev–Trinajstić information content (AvgIpc) is 2.19. The van der Waals surface area contributed by atoms with Crippen LogP contribution in [-0.2, 0) is 4.74 Å². The quantitative estimate of drug-likeness (QED) is 0.661. The van der Waals surface area contributed by atoms with Crippen LogP contribution in [0.25, 0.3) is 0 Å². The number of hydrogen-bond donors (Lipinski definition) is 1. The second kappa shape index (κ2) is 7.85. The van der Waals surface area contributed by atoms with Crippen molar-refractivity contribution in [3.63, 3.8) is 0 Å². The lowest BCUT2D eigenvalue weighted by atomic mass is 10.1. The Hall–Kier alpha value is -0.380. The van der Waals surface area contributed by atoms with Gasteiger partial charge in [-0.25, -0.2) is 0 Å². The summed E-state index contributed by atoms with van der Waals surface area (Å²) in [5.41, 5.74) is 0.142. The fourth-order valence-electron chi connectivity index (χ4n) is 1.82. The highest BCUT2D eigenvalue weighted by Crippen LogP contribution is 2.08. The minimum absolute atomic E-state index is 0.142. The molecule has 0 fully saturated rings. The first kappa shape index (κ1) is 16.6. The zero-order valence-corrected chi connectivity index (χ0v) is 12.4. The molecule has 0 saturated carbocycles. The maximum Gasteiger partial charge on any atom is 0.0630 e. The van der Waals surface area contributed by atoms with E-state index in [-0.39, 0.29) is 5.54 Å². The smallest absolute Gasteiger partial charge is 0.0630 e. The number of rotatable bonds is 8. The van der Waals surface area contributed by atoms with Crippen LogP contribution in [0.5, 0.6) is 0 Å². The van der Waals surface area contributed by atoms with Crippen LogP contribution in [0.15, 0.2) is 12.7 Å². The van der Waals surface area contributed by atoms with Crippen molar-refractivity contribution in [2.75, 3.05) is 26.8 Å². The molecule has 1 unspecified atom stereocenters. The third-order valence-corrected chi connectivity index (χ3v) is 2.70. The van der Waals surface area contributed by atoms with Gasteiger partial charge in [-0.3, -0.25) is 4.90 Å². The van der Waals surface area contributed by atoms with Crippen molar-refractivity contribution in [1.29, 1.82) is 0 Å². The van der Waals surface area contributed by atoms with Crippen LogP contribution >= 0.6 is 0 Å². The van der Waals surface area contributed by atoms with Gasteiger partial charge in [-0.1, -0.05) is 6.08 Å². The maximum absolute atomic E-state index is 5.33. The van der Waals surface area contributed by atoms with Crippen molar-refractivity contribution in [2.24, 2.45) is 0 Å². The predicted molar refractivity (Wildman–Crippen MR) is 75.5 cm³/mol. The summed E-state index contributed by atoms with van der Waals surface area (Å²) in [7, 11) is 1.76. The third-order valence-electron chi connectivity index (χ3n) is 2.70. The lowest BCUT2D eigenvalue weighted by Crippen LogP contribution is -2.51. The number of nitrogens with zero attached hydrogens (tertiary/aromatic N) is 1. The second-order valence-corrected chi connectivity index (χ2v) is 5.82. The Bertz CT molecular complexity index is 209. The molecule has 3 nitrogen and oxygen atoms in total. The second-order valence-electron chi connectivity index (χ2n) is 5.82. The Labute approximate surface area is 107 Å². The van der Waals surface area contributed by atoms with Gasteiger partial charge in [-0.15, -0.1) is 6.58 Å². The van der Waals surface area contributed by atoms with Gasteiger partial charge >= 0.3 is 0 Å². The van der Waals surface area contributed by atoms with Gasteiger partial charge in [0.1, 0.15) is 0 Å². The number of methoxy groups -OCH3 is 1. The first-order valence-corrected chi connectivity index (χ1v) is 6.42. The topological polar surface area (TPSA) is 24.5 Å². The molecule has 0 aliphatic heterocycles. The van der Waals surface area contributed by atoms with E-state index in [1.54, 1.807) is 7.11 Å². The maximum atomic E-state index is 5.33. The summed E-state index contributed by atoms with van der Waals surface area (Å²) < 4.78 is 5.33. The molecular weight excluding hydrogens is 212 g/mol. The zero-order chi connectivity index (χ0) is 13.5. The first-order valence-electron chi connectivity index (χ1n) is 6.42. The minimum Gasteiger partial charge on any atom is -0.383 e. The van der Waals surface area contributed by atoms with Gasteiger partial charge in [0, 0.05) is 37.8 Å². The van der Waals surface area contributed by atoms with Gasteiger partial charge < -0.3 is 10.1 Å². The van der Waals surface area contributed by atoms with Crippen molar-refractivity contribution < 1.29 is 4.74 Å². The summed E-state index contributed by atoms with van der Waals surface area (Å²) in [5.74, 6) is 0. The summed E-state index contributed by atoms with van der Waals surface area (Å²) >= 11 is 0. The summed E-state index contributed by atoms with van der Waals surface area (Å²) in [6, 6.07) is 0.882. The molecule has 1 atom stereocenters. The van der Waals surface area contributed by atoms with Crippen molar-refractivity contribution in [2.45, 2.75) is 52.2 Å². The van der Waals surface area contributed by atoms with E-state index in [2.05, 4.69) is 51.4 Å². The first-order chi connectivity index (χ1) is 7.81. The minimum atomic E-state index is 0.142. The molecule has 0 aromatic carbocycles. The van der Waals surface area contributed by atoms with Crippen molar-refractivity contribution in [1.82, 2.24) is 10.2 Å². The largest absolute Gasteiger partial charge is 0.383 e. The number of hydrogen-bond acceptors (Lipinski definition) is 3. The normalized spacial score (nSPS) is 14.4. The highest BCUT2D eigenvalue weighted by atomic mass is 16.5. The molecule has 0 heterocycles. The van der Waals surface area contributed by atoms with Crippen LogP contribution in [0.2, 0.25) is 0 Å². The third kappa shape index (κ3) is 7.53. The molecule has 0 aliphatic rings. The standard InChI is InChI=1S/C14H30N2O/c1-8-9-16(12(2)3)13(11-17-7)10-15-14(4,5)6/h8,12-13,15H,1,9-11H2,2-7H3. The van der Waals surface area contributed by atoms with Gasteiger partial charge in [0.25, 0.3) is 0 Å². The Kier molecular flexibility index (Phi) is 7.68. The molecule has 3 heteroatoms. The summed E-state index contributed by atoms with van der Waals surface area (Å²) in [5, 5.41) is 3.54. The van der Waals surface area contributed by atoms with E-state index < -0.39 is 0 Å². The highest BCUT2D eigenvalue weighted by molar-refractivity contribution is 4.85. The average molecular weight is 242 g/mol. The molecular formula is C14H30N2O. The van der Waals surface area contributed by atoms with E-state index in [0.717, 1.165) is 19.7 Å². The fourth-order valence-corrected chi connectivity index (χ4v) is 1.82. The number of nitrogens with one attached hydrogen (secondary N) is 1. The molecule has 0 amide bonds. The van der Waals surface area contributed by atoms with E-state index >= 15 is 0 Å². The summed E-state index contributed by atoms with van der Waals surface area (Å²) in [6.45, 7) is 17.4. The number of ether oxygens (including phenoxy) is 1. The molecule has 17 heavy (non-hydrogen) atoms. The van der Waals surface area contributed by atoms with Gasteiger partial charge in [0.2, 0.25) is 0 Å². The Morgan fingerprint density at radius 2 is 1.94 bits per heavy atom. The van der Waals surface area contributed by atoms with Gasteiger partial charge in [-0.05, 0) is 34.6 Å². The fraction of sp³-hybridized carbons (Fsp3) is 0.857. The molecule has 0 aliphatic carbocycles. The molecule has 0 spiro atoms. The van der Waals surface area contributed by atoms with Crippen LogP contribution in [-0.4, -0.2) is 49.3 Å². The molecule has 1 N–H and O–H groups in total. The van der Waals surface area contributed by atoms with Crippen LogP contribution in [0.3, 0.4) is 0 Å². The Morgan fingerprint density at radius 3 is 2.29 bits per heavy atom. The summed E-state index contributed by atoms with van der Waals surface area (Å²) in [4.78, 5) is 2.41. The zero-order valence-electron chi connectivity index (χ0n) is 12.4. The van der Waals surface area contributed by atoms with Crippen LogP contribution < -0.4 is 5.32 Å². The van der Waals surface area contributed by atoms with E-state index in [4.69, 9.17) is 4.74 Å². The molecule has 0 rings (SSSR count). The Balaban J connectivity index is 4.50. The van der Waals surface area contributed by atoms with Gasteiger partial charge in [-0.2, -0.15) is 0 Å². The lowest BCUT2D eigenvalue weighted by molar-refractivity contribution is 0.0743. The van der Waals surface area contributed by atoms with Crippen LogP contribution in [0, 0.1) is 0 Å². The van der Waals surface area contributed by atoms with E-state index in [1.165, 1.54) is 0 Å². The van der Waals surface area contributed by atoms with E-state index in [1.807, 2.05) is 6.08 Å². The SMILES string of the molecule is C=CCN(C(C)C)C(CNC(C)(C)C)COC. The molecule has 0 aromatic heterocycles.